The number of imide groups is 1. The van der Waals surface area contributed by atoms with Gasteiger partial charge >= 0.3 is 5.97 Å². The van der Waals surface area contributed by atoms with Crippen molar-refractivity contribution in [1.29, 1.82) is 0 Å². The van der Waals surface area contributed by atoms with Crippen LogP contribution in [0.15, 0.2) is 77.5 Å². The molecule has 0 bridgehead atoms. The molecule has 1 aliphatic heterocycles. The van der Waals surface area contributed by atoms with Gasteiger partial charge in [-0.3, -0.25) is 14.4 Å². The summed E-state index contributed by atoms with van der Waals surface area (Å²) in [5.74, 6) is -2.25. The van der Waals surface area contributed by atoms with E-state index in [1.807, 2.05) is 0 Å². The normalized spacial score (nSPS) is 13.3. The zero-order valence-corrected chi connectivity index (χ0v) is 22.2. The van der Waals surface area contributed by atoms with E-state index in [1.165, 1.54) is 6.07 Å². The van der Waals surface area contributed by atoms with Crippen LogP contribution < -0.4 is 15.5 Å². The topological polar surface area (TPSA) is 105 Å². The lowest BCUT2D eigenvalue weighted by Crippen LogP contribution is -2.32. The van der Waals surface area contributed by atoms with Gasteiger partial charge in [0.2, 0.25) is 0 Å². The van der Waals surface area contributed by atoms with Crippen molar-refractivity contribution in [3.05, 3.63) is 99.2 Å². The number of nitrogens with zero attached hydrogens (tertiary/aromatic N) is 1. The monoisotopic (exact) mass is 551 g/mol. The van der Waals surface area contributed by atoms with E-state index in [9.17, 15) is 19.2 Å². The minimum atomic E-state index is -0.677. The first-order valence-electron chi connectivity index (χ1n) is 11.6. The van der Waals surface area contributed by atoms with Crippen molar-refractivity contribution in [2.45, 2.75) is 26.9 Å². The highest BCUT2D eigenvalue weighted by Crippen LogP contribution is 2.31. The number of amides is 3. The molecule has 10 heteroatoms. The van der Waals surface area contributed by atoms with Crippen LogP contribution in [-0.2, 0) is 14.3 Å². The van der Waals surface area contributed by atoms with E-state index in [-0.39, 0.29) is 22.4 Å². The molecule has 38 heavy (non-hydrogen) atoms. The second-order valence-electron chi connectivity index (χ2n) is 8.75. The molecule has 8 nitrogen and oxygen atoms in total. The lowest BCUT2D eigenvalue weighted by Gasteiger charge is -2.16. The molecule has 0 aliphatic carbocycles. The molecule has 0 atom stereocenters. The first-order valence-corrected chi connectivity index (χ1v) is 12.3. The Morgan fingerprint density at radius 1 is 0.895 bits per heavy atom. The van der Waals surface area contributed by atoms with Crippen LogP contribution in [0, 0.1) is 6.92 Å². The van der Waals surface area contributed by atoms with E-state index in [4.69, 9.17) is 27.9 Å². The van der Waals surface area contributed by atoms with Gasteiger partial charge in [-0.05, 0) is 80.9 Å². The molecular formula is C28H23Cl2N3O5. The van der Waals surface area contributed by atoms with E-state index in [0.717, 1.165) is 4.90 Å². The molecule has 1 heterocycles. The maximum absolute atomic E-state index is 13.1. The van der Waals surface area contributed by atoms with Crippen molar-refractivity contribution in [3.63, 3.8) is 0 Å². The zero-order valence-electron chi connectivity index (χ0n) is 20.7. The van der Waals surface area contributed by atoms with E-state index >= 15 is 0 Å². The van der Waals surface area contributed by atoms with Crippen LogP contribution >= 0.6 is 23.2 Å². The van der Waals surface area contributed by atoms with Crippen LogP contribution in [0.1, 0.15) is 40.1 Å². The van der Waals surface area contributed by atoms with E-state index in [2.05, 4.69) is 10.6 Å². The SMILES string of the molecule is Cc1ccc(C(=O)Nc2cccc(C(=O)OC(C)C)c2)cc1NC1=C(Cl)C(=O)N(c2ccc(Cl)cc2)C1=O. The molecule has 0 spiro atoms. The predicted octanol–water partition coefficient (Wildman–Crippen LogP) is 5.90. The molecule has 0 radical (unpaired) electrons. The summed E-state index contributed by atoms with van der Waals surface area (Å²) >= 11 is 12.2. The third kappa shape index (κ3) is 5.72. The third-order valence-corrected chi connectivity index (χ3v) is 6.17. The standard InChI is InChI=1S/C28H23Cl2N3O5/c1-15(2)38-28(37)18-5-4-6-20(13-18)31-25(34)17-8-7-16(3)22(14-17)32-24-23(30)26(35)33(27(24)36)21-11-9-19(29)10-12-21/h4-15,32H,1-3H3,(H,31,34). The van der Waals surface area contributed by atoms with E-state index < -0.39 is 23.7 Å². The van der Waals surface area contributed by atoms with Gasteiger partial charge in [-0.1, -0.05) is 35.3 Å². The number of benzene rings is 3. The predicted molar refractivity (Wildman–Crippen MR) is 147 cm³/mol. The van der Waals surface area contributed by atoms with Gasteiger partial charge < -0.3 is 15.4 Å². The Hall–Kier alpha value is -4.14. The van der Waals surface area contributed by atoms with Crippen LogP contribution in [0.25, 0.3) is 0 Å². The molecule has 3 aromatic rings. The summed E-state index contributed by atoms with van der Waals surface area (Å²) in [6.07, 6.45) is -0.275. The Kier molecular flexibility index (Phi) is 7.85. The summed E-state index contributed by atoms with van der Waals surface area (Å²) in [6, 6.07) is 17.5. The van der Waals surface area contributed by atoms with Crippen molar-refractivity contribution < 1.29 is 23.9 Å². The molecule has 194 valence electrons. The molecule has 3 aromatic carbocycles. The number of nitrogens with one attached hydrogen (secondary N) is 2. The van der Waals surface area contributed by atoms with Gasteiger partial charge in [0, 0.05) is 22.0 Å². The Labute approximate surface area is 229 Å². The first-order chi connectivity index (χ1) is 18.0. The number of carbonyl (C=O) groups excluding carboxylic acids is 4. The fourth-order valence-corrected chi connectivity index (χ4v) is 4.02. The van der Waals surface area contributed by atoms with Gasteiger partial charge in [0.25, 0.3) is 17.7 Å². The average Bonchev–Trinajstić information content (AvgIpc) is 3.08. The number of halogens is 2. The van der Waals surface area contributed by atoms with Crippen molar-refractivity contribution in [2.24, 2.45) is 0 Å². The maximum atomic E-state index is 13.1. The summed E-state index contributed by atoms with van der Waals surface area (Å²) in [7, 11) is 0. The van der Waals surface area contributed by atoms with Gasteiger partial charge in [-0.15, -0.1) is 0 Å². The lowest BCUT2D eigenvalue weighted by atomic mass is 10.1. The van der Waals surface area contributed by atoms with Crippen molar-refractivity contribution in [3.8, 4) is 0 Å². The Bertz CT molecular complexity index is 1480. The van der Waals surface area contributed by atoms with Crippen molar-refractivity contribution in [2.75, 3.05) is 15.5 Å². The highest BCUT2D eigenvalue weighted by molar-refractivity contribution is 6.53. The molecule has 0 saturated heterocycles. The van der Waals surface area contributed by atoms with Gasteiger partial charge in [0.1, 0.15) is 10.7 Å². The number of esters is 1. The second kappa shape index (κ2) is 11.1. The van der Waals surface area contributed by atoms with Crippen LogP contribution in [0.2, 0.25) is 5.02 Å². The molecule has 0 fully saturated rings. The number of aryl methyl sites for hydroxylation is 1. The molecule has 3 amide bonds. The molecule has 0 unspecified atom stereocenters. The minimum Gasteiger partial charge on any atom is -0.459 e. The van der Waals surface area contributed by atoms with E-state index in [1.54, 1.807) is 81.4 Å². The van der Waals surface area contributed by atoms with E-state index in [0.29, 0.717) is 33.2 Å². The average molecular weight is 552 g/mol. The van der Waals surface area contributed by atoms with Crippen LogP contribution in [0.5, 0.6) is 0 Å². The maximum Gasteiger partial charge on any atom is 0.338 e. The highest BCUT2D eigenvalue weighted by atomic mass is 35.5. The van der Waals surface area contributed by atoms with Gasteiger partial charge in [-0.25, -0.2) is 9.69 Å². The van der Waals surface area contributed by atoms with Gasteiger partial charge in [-0.2, -0.15) is 0 Å². The van der Waals surface area contributed by atoms with Crippen LogP contribution in [0.4, 0.5) is 17.1 Å². The van der Waals surface area contributed by atoms with Crippen molar-refractivity contribution >= 4 is 64.0 Å². The second-order valence-corrected chi connectivity index (χ2v) is 9.57. The summed E-state index contributed by atoms with van der Waals surface area (Å²) < 4.78 is 5.20. The van der Waals surface area contributed by atoms with Crippen molar-refractivity contribution in [1.82, 2.24) is 0 Å². The summed E-state index contributed by atoms with van der Waals surface area (Å²) in [6.45, 7) is 5.28. The zero-order chi connectivity index (χ0) is 27.6. The molecule has 1 aliphatic rings. The molecule has 4 rings (SSSR count). The molecular weight excluding hydrogens is 529 g/mol. The number of anilines is 3. The number of ether oxygens (including phenoxy) is 1. The largest absolute Gasteiger partial charge is 0.459 e. The third-order valence-electron chi connectivity index (χ3n) is 5.57. The smallest absolute Gasteiger partial charge is 0.338 e. The Balaban J connectivity index is 1.53. The number of hydrogen-bond acceptors (Lipinski definition) is 6. The van der Waals surface area contributed by atoms with Gasteiger partial charge in [0.05, 0.1) is 17.4 Å². The fourth-order valence-electron chi connectivity index (χ4n) is 3.68. The molecule has 2 N–H and O–H groups in total. The Morgan fingerprint density at radius 2 is 1.61 bits per heavy atom. The Morgan fingerprint density at radius 3 is 2.29 bits per heavy atom. The minimum absolute atomic E-state index is 0.108. The highest BCUT2D eigenvalue weighted by Gasteiger charge is 2.39. The summed E-state index contributed by atoms with van der Waals surface area (Å²) in [5, 5.41) is 5.85. The molecule has 0 saturated carbocycles. The quantitative estimate of drug-likeness (QED) is 0.279. The van der Waals surface area contributed by atoms with Gasteiger partial charge in [0.15, 0.2) is 0 Å². The number of carbonyl (C=O) groups is 4. The first kappa shape index (κ1) is 26.9. The van der Waals surface area contributed by atoms with Crippen LogP contribution in [0.3, 0.4) is 0 Å². The fraction of sp³-hybridized carbons (Fsp3) is 0.143. The number of rotatable bonds is 7. The molecule has 0 aromatic heterocycles. The van der Waals surface area contributed by atoms with Crippen LogP contribution in [-0.4, -0.2) is 29.8 Å². The lowest BCUT2D eigenvalue weighted by molar-refractivity contribution is -0.120. The summed E-state index contributed by atoms with van der Waals surface area (Å²) in [4.78, 5) is 52.0. The number of hydrogen-bond donors (Lipinski definition) is 2. The summed E-state index contributed by atoms with van der Waals surface area (Å²) in [5.41, 5.74) is 2.33.